The van der Waals surface area contributed by atoms with Gasteiger partial charge in [0.05, 0.1) is 10.9 Å². The predicted octanol–water partition coefficient (Wildman–Crippen LogP) is 3.34. The van der Waals surface area contributed by atoms with Gasteiger partial charge < -0.3 is 5.32 Å². The highest BCUT2D eigenvalue weighted by Crippen LogP contribution is 2.25. The van der Waals surface area contributed by atoms with E-state index in [0.717, 1.165) is 36.7 Å². The van der Waals surface area contributed by atoms with E-state index in [-0.39, 0.29) is 22.5 Å². The summed E-state index contributed by atoms with van der Waals surface area (Å²) in [6.45, 7) is 11.0. The van der Waals surface area contributed by atoms with Crippen molar-refractivity contribution in [2.45, 2.75) is 46.7 Å². The minimum absolute atomic E-state index is 0.0171. The summed E-state index contributed by atoms with van der Waals surface area (Å²) in [4.78, 5) is 48.0. The monoisotopic (exact) mass is 481 g/mol. The minimum atomic E-state index is -0.605. The Morgan fingerprint density at radius 3 is 2.65 bits per heavy atom. The van der Waals surface area contributed by atoms with Gasteiger partial charge in [-0.25, -0.2) is 9.78 Å². The van der Waals surface area contributed by atoms with Crippen LogP contribution in [0.15, 0.2) is 33.9 Å². The molecule has 0 saturated carbocycles. The highest BCUT2D eigenvalue weighted by Gasteiger charge is 2.21. The summed E-state index contributed by atoms with van der Waals surface area (Å²) in [5, 5.41) is 3.14. The second kappa shape index (κ2) is 10.1. The molecule has 4 rings (SSSR count). The maximum absolute atomic E-state index is 13.5. The number of H-pyrrole nitrogens is 1. The van der Waals surface area contributed by atoms with E-state index in [1.165, 1.54) is 10.1 Å². The van der Waals surface area contributed by atoms with Crippen molar-refractivity contribution in [3.8, 4) is 0 Å². The molecule has 1 amide bonds. The molecule has 1 aromatic carbocycles. The first-order valence-corrected chi connectivity index (χ1v) is 12.8. The summed E-state index contributed by atoms with van der Waals surface area (Å²) in [5.41, 5.74) is 2.87. The number of aromatic amines is 1. The average Bonchev–Trinajstić information content (AvgIpc) is 2.81. The highest BCUT2D eigenvalue weighted by molar-refractivity contribution is 7.99. The van der Waals surface area contributed by atoms with Crippen molar-refractivity contribution in [1.82, 2.24) is 19.4 Å². The van der Waals surface area contributed by atoms with Gasteiger partial charge in [-0.15, -0.1) is 0 Å². The van der Waals surface area contributed by atoms with Crippen LogP contribution in [0.1, 0.15) is 53.9 Å². The summed E-state index contributed by atoms with van der Waals surface area (Å²) in [5.74, 6) is 1.90. The smallest absolute Gasteiger partial charge is 0.322 e. The Morgan fingerprint density at radius 2 is 1.97 bits per heavy atom. The van der Waals surface area contributed by atoms with Crippen LogP contribution < -0.4 is 16.6 Å². The molecule has 0 spiro atoms. The zero-order valence-electron chi connectivity index (χ0n) is 20.1. The molecule has 9 heteroatoms. The van der Waals surface area contributed by atoms with Crippen LogP contribution >= 0.6 is 11.8 Å². The number of carbonyl (C=O) groups is 1. The summed E-state index contributed by atoms with van der Waals surface area (Å²) >= 11 is 1.98. The molecule has 0 aliphatic carbocycles. The Bertz CT molecular complexity index is 1340. The lowest BCUT2D eigenvalue weighted by Gasteiger charge is -2.27. The molecule has 0 radical (unpaired) electrons. The van der Waals surface area contributed by atoms with Crippen molar-refractivity contribution in [3.63, 3.8) is 0 Å². The van der Waals surface area contributed by atoms with Crippen molar-refractivity contribution in [1.29, 1.82) is 0 Å². The van der Waals surface area contributed by atoms with Gasteiger partial charge in [-0.05, 0) is 43.0 Å². The molecule has 180 valence electrons. The van der Waals surface area contributed by atoms with Crippen molar-refractivity contribution in [2.24, 2.45) is 0 Å². The minimum Gasteiger partial charge on any atom is -0.322 e. The number of thioether (sulfide) groups is 1. The summed E-state index contributed by atoms with van der Waals surface area (Å²) in [6.07, 6.45) is 0. The molecular formula is C25H31N5O3S. The number of aryl methyl sites for hydroxylation is 1. The molecule has 2 aromatic heterocycles. The number of rotatable bonds is 6. The van der Waals surface area contributed by atoms with E-state index in [0.29, 0.717) is 17.9 Å². The molecule has 3 aromatic rings. The zero-order valence-corrected chi connectivity index (χ0v) is 20.9. The number of benzene rings is 1. The number of fused-ring (bicyclic) bond motifs is 1. The molecular weight excluding hydrogens is 450 g/mol. The number of anilines is 1. The lowest BCUT2D eigenvalue weighted by Crippen LogP contribution is -2.32. The van der Waals surface area contributed by atoms with Crippen LogP contribution in [0.2, 0.25) is 0 Å². The molecule has 0 unspecified atom stereocenters. The Hall–Kier alpha value is -2.91. The van der Waals surface area contributed by atoms with Gasteiger partial charge in [0.15, 0.2) is 5.65 Å². The van der Waals surface area contributed by atoms with Gasteiger partial charge in [0.1, 0.15) is 0 Å². The fourth-order valence-corrected chi connectivity index (χ4v) is 5.22. The third-order valence-electron chi connectivity index (χ3n) is 6.31. The molecule has 34 heavy (non-hydrogen) atoms. The van der Waals surface area contributed by atoms with Crippen molar-refractivity contribution in [3.05, 3.63) is 67.5 Å². The second-order valence-corrected chi connectivity index (χ2v) is 10.1. The second-order valence-electron chi connectivity index (χ2n) is 8.88. The Kier molecular flexibility index (Phi) is 7.23. The van der Waals surface area contributed by atoms with E-state index >= 15 is 0 Å². The first-order valence-electron chi connectivity index (χ1n) is 11.7. The van der Waals surface area contributed by atoms with Crippen molar-refractivity contribution in [2.75, 3.05) is 29.9 Å². The predicted molar refractivity (Wildman–Crippen MR) is 138 cm³/mol. The fraction of sp³-hybridized carbons (Fsp3) is 0.440. The molecule has 1 fully saturated rings. The first kappa shape index (κ1) is 24.2. The van der Waals surface area contributed by atoms with Crippen molar-refractivity contribution < 1.29 is 4.79 Å². The SMILES string of the molecule is CCn1c(=O)[nH]c(=O)c2c(C(=O)Nc3cccc(CN4CCSCC4)c3C)cc(C(C)C)nc21. The van der Waals surface area contributed by atoms with E-state index in [1.54, 1.807) is 13.0 Å². The van der Waals surface area contributed by atoms with Gasteiger partial charge in [-0.2, -0.15) is 11.8 Å². The maximum Gasteiger partial charge on any atom is 0.329 e. The molecule has 1 saturated heterocycles. The molecule has 1 aliphatic heterocycles. The van der Waals surface area contributed by atoms with Crippen LogP contribution in [0.5, 0.6) is 0 Å². The van der Waals surface area contributed by atoms with Crippen molar-refractivity contribution >= 4 is 34.4 Å². The van der Waals surface area contributed by atoms with Crippen LogP contribution in [0.3, 0.4) is 0 Å². The number of carbonyl (C=O) groups excluding carboxylic acids is 1. The van der Waals surface area contributed by atoms with Gasteiger partial charge in [0.2, 0.25) is 0 Å². The Balaban J connectivity index is 1.74. The summed E-state index contributed by atoms with van der Waals surface area (Å²) in [6, 6.07) is 7.58. The molecule has 0 bridgehead atoms. The quantitative estimate of drug-likeness (QED) is 0.560. The van der Waals surface area contributed by atoms with Crippen LogP contribution in [-0.4, -0.2) is 49.9 Å². The van der Waals surface area contributed by atoms with Gasteiger partial charge in [-0.1, -0.05) is 26.0 Å². The number of nitrogens with one attached hydrogen (secondary N) is 2. The van der Waals surface area contributed by atoms with E-state index < -0.39 is 17.2 Å². The largest absolute Gasteiger partial charge is 0.329 e. The number of hydrogen-bond acceptors (Lipinski definition) is 6. The molecule has 0 atom stereocenters. The first-order chi connectivity index (χ1) is 16.3. The number of amides is 1. The lowest BCUT2D eigenvalue weighted by atomic mass is 10.0. The number of hydrogen-bond donors (Lipinski definition) is 2. The van der Waals surface area contributed by atoms with Gasteiger partial charge in [-0.3, -0.25) is 24.0 Å². The molecule has 2 N–H and O–H groups in total. The average molecular weight is 482 g/mol. The third-order valence-corrected chi connectivity index (χ3v) is 7.26. The Labute approximate surface area is 202 Å². The fourth-order valence-electron chi connectivity index (χ4n) is 4.24. The van der Waals surface area contributed by atoms with Crippen LogP contribution in [0, 0.1) is 6.92 Å². The van der Waals surface area contributed by atoms with Gasteiger partial charge in [0, 0.05) is 49.1 Å². The molecule has 8 nitrogen and oxygen atoms in total. The standard InChI is InChI=1S/C25H31N5O3S/c1-5-30-22-21(24(32)28-25(30)33)18(13-20(26-22)15(2)3)23(31)27-19-8-6-7-17(16(19)4)14-29-9-11-34-12-10-29/h6-8,13,15H,5,9-12,14H2,1-4H3,(H,27,31)(H,28,32,33). The van der Waals surface area contributed by atoms with Gasteiger partial charge >= 0.3 is 5.69 Å². The third kappa shape index (κ3) is 4.81. The van der Waals surface area contributed by atoms with E-state index in [9.17, 15) is 14.4 Å². The maximum atomic E-state index is 13.5. The van der Waals surface area contributed by atoms with E-state index in [1.807, 2.05) is 44.7 Å². The molecule has 3 heterocycles. The lowest BCUT2D eigenvalue weighted by molar-refractivity contribution is 0.102. The van der Waals surface area contributed by atoms with Gasteiger partial charge in [0.25, 0.3) is 11.5 Å². The molecule has 1 aliphatic rings. The van der Waals surface area contributed by atoms with Crippen LogP contribution in [0.4, 0.5) is 5.69 Å². The van der Waals surface area contributed by atoms with E-state index in [2.05, 4.69) is 26.3 Å². The highest BCUT2D eigenvalue weighted by atomic mass is 32.2. The zero-order chi connectivity index (χ0) is 24.4. The summed E-state index contributed by atoms with van der Waals surface area (Å²) in [7, 11) is 0. The van der Waals surface area contributed by atoms with E-state index in [4.69, 9.17) is 0 Å². The van der Waals surface area contributed by atoms with Crippen LogP contribution in [-0.2, 0) is 13.1 Å². The Morgan fingerprint density at radius 1 is 1.24 bits per heavy atom. The van der Waals surface area contributed by atoms with Crippen LogP contribution in [0.25, 0.3) is 11.0 Å². The normalized spacial score (nSPS) is 14.6. The number of aromatic nitrogens is 3. The number of pyridine rings is 1. The number of nitrogens with zero attached hydrogens (tertiary/aromatic N) is 3. The topological polar surface area (TPSA) is 100 Å². The summed E-state index contributed by atoms with van der Waals surface area (Å²) < 4.78 is 1.39.